The predicted octanol–water partition coefficient (Wildman–Crippen LogP) is 4.76. The third-order valence-electron chi connectivity index (χ3n) is 4.65. The molecule has 7 nitrogen and oxygen atoms in total. The molecule has 1 N–H and O–H groups in total. The molecule has 4 rings (SSSR count). The number of nitrogens with one attached hydrogen (secondary N) is 1. The van der Waals surface area contributed by atoms with Crippen molar-refractivity contribution >= 4 is 28.8 Å². The number of aryl methyl sites for hydroxylation is 1. The number of halogens is 1. The average molecular weight is 454 g/mol. The van der Waals surface area contributed by atoms with Gasteiger partial charge in [0.1, 0.15) is 34.9 Å². The summed E-state index contributed by atoms with van der Waals surface area (Å²) in [5, 5.41) is 8.55. The van der Waals surface area contributed by atoms with E-state index >= 15 is 0 Å². The molecule has 0 saturated heterocycles. The van der Waals surface area contributed by atoms with Crippen molar-refractivity contribution in [1.82, 2.24) is 25.1 Å². The highest BCUT2D eigenvalue weighted by molar-refractivity contribution is 7.13. The highest BCUT2D eigenvalue weighted by Crippen LogP contribution is 2.23. The van der Waals surface area contributed by atoms with E-state index in [0.717, 1.165) is 16.3 Å². The monoisotopic (exact) mass is 453 g/mol. The molecule has 158 valence electrons. The Bertz CT molecular complexity index is 1160. The van der Waals surface area contributed by atoms with Crippen molar-refractivity contribution in [2.75, 3.05) is 0 Å². The number of nitrogens with zero attached hydrogens (tertiary/aromatic N) is 4. The Morgan fingerprint density at radius 3 is 2.61 bits per heavy atom. The minimum absolute atomic E-state index is 0.152. The number of aromatic nitrogens is 4. The molecule has 1 amide bonds. The average Bonchev–Trinajstić information content (AvgIpc) is 3.43. The number of rotatable bonds is 7. The third kappa shape index (κ3) is 5.10. The lowest BCUT2D eigenvalue weighted by molar-refractivity contribution is 0.0943. The van der Waals surface area contributed by atoms with E-state index in [9.17, 15) is 4.79 Å². The van der Waals surface area contributed by atoms with Gasteiger partial charge in [-0.1, -0.05) is 23.7 Å². The Hall–Kier alpha value is -3.23. The van der Waals surface area contributed by atoms with Crippen LogP contribution in [0.5, 0.6) is 5.75 Å². The Morgan fingerprint density at radius 1 is 1.19 bits per heavy atom. The summed E-state index contributed by atoms with van der Waals surface area (Å²) < 4.78 is 7.42. The SMILES string of the molecule is Cc1nc(COc2ccc(Cl)cc2)sc1C(=O)NC(C)c1ccc(-n2cncn2)cc1. The van der Waals surface area contributed by atoms with Crippen molar-refractivity contribution in [3.8, 4) is 11.4 Å². The minimum Gasteiger partial charge on any atom is -0.486 e. The van der Waals surface area contributed by atoms with Gasteiger partial charge in [0.25, 0.3) is 5.91 Å². The lowest BCUT2D eigenvalue weighted by atomic mass is 10.1. The molecule has 2 heterocycles. The molecular formula is C22H20ClN5O2S. The highest BCUT2D eigenvalue weighted by Gasteiger charge is 2.18. The molecule has 0 fully saturated rings. The zero-order valence-corrected chi connectivity index (χ0v) is 18.5. The Morgan fingerprint density at radius 2 is 1.94 bits per heavy atom. The van der Waals surface area contributed by atoms with Gasteiger partial charge in [-0.15, -0.1) is 11.3 Å². The number of carbonyl (C=O) groups is 1. The summed E-state index contributed by atoms with van der Waals surface area (Å²) in [6.45, 7) is 4.07. The van der Waals surface area contributed by atoms with Crippen molar-refractivity contribution < 1.29 is 9.53 Å². The van der Waals surface area contributed by atoms with Gasteiger partial charge in [-0.2, -0.15) is 5.10 Å². The fourth-order valence-electron chi connectivity index (χ4n) is 3.00. The van der Waals surface area contributed by atoms with E-state index in [1.54, 1.807) is 35.3 Å². The standard InChI is InChI=1S/C22H20ClN5O2S/c1-14(16-3-7-18(8-4-16)28-13-24-12-25-28)27-22(29)21-15(2)26-20(31-21)11-30-19-9-5-17(23)6-10-19/h3-10,12-14H,11H2,1-2H3,(H,27,29). The molecule has 0 saturated carbocycles. The van der Waals surface area contributed by atoms with E-state index in [1.165, 1.54) is 17.7 Å². The van der Waals surface area contributed by atoms with Crippen LogP contribution in [0.3, 0.4) is 0 Å². The summed E-state index contributed by atoms with van der Waals surface area (Å²) in [6.07, 6.45) is 3.13. The van der Waals surface area contributed by atoms with Gasteiger partial charge < -0.3 is 10.1 Å². The summed E-state index contributed by atoms with van der Waals surface area (Å²) in [7, 11) is 0. The van der Waals surface area contributed by atoms with Gasteiger partial charge >= 0.3 is 0 Å². The first kappa shape index (κ1) is 21.0. The van der Waals surface area contributed by atoms with Crippen molar-refractivity contribution in [2.45, 2.75) is 26.5 Å². The van der Waals surface area contributed by atoms with Gasteiger partial charge in [-0.3, -0.25) is 4.79 Å². The van der Waals surface area contributed by atoms with E-state index in [-0.39, 0.29) is 11.9 Å². The van der Waals surface area contributed by atoms with Gasteiger partial charge in [0.05, 0.1) is 17.4 Å². The first-order valence-electron chi connectivity index (χ1n) is 9.60. The molecule has 0 radical (unpaired) electrons. The van der Waals surface area contributed by atoms with Crippen molar-refractivity contribution in [3.63, 3.8) is 0 Å². The summed E-state index contributed by atoms with van der Waals surface area (Å²) in [4.78, 5) is 21.8. The zero-order valence-electron chi connectivity index (χ0n) is 16.9. The fraction of sp³-hybridized carbons (Fsp3) is 0.182. The normalized spacial score (nSPS) is 11.8. The van der Waals surface area contributed by atoms with Crippen molar-refractivity contribution in [2.24, 2.45) is 0 Å². The van der Waals surface area contributed by atoms with Gasteiger partial charge in [0, 0.05) is 5.02 Å². The van der Waals surface area contributed by atoms with Crippen LogP contribution < -0.4 is 10.1 Å². The molecule has 2 aromatic heterocycles. The number of benzene rings is 2. The van der Waals surface area contributed by atoms with Crippen LogP contribution in [-0.2, 0) is 6.61 Å². The second-order valence-corrected chi connectivity index (χ2v) is 8.41. The lowest BCUT2D eigenvalue weighted by Crippen LogP contribution is -2.26. The zero-order chi connectivity index (χ0) is 21.8. The number of hydrogen-bond donors (Lipinski definition) is 1. The van der Waals surface area contributed by atoms with Gasteiger partial charge in [-0.05, 0) is 55.8 Å². The third-order valence-corrected chi connectivity index (χ3v) is 6.03. The summed E-state index contributed by atoms with van der Waals surface area (Å²) in [5.41, 5.74) is 2.58. The maximum atomic E-state index is 12.8. The van der Waals surface area contributed by atoms with Gasteiger partial charge in [-0.25, -0.2) is 14.6 Å². The minimum atomic E-state index is -0.160. The molecule has 2 aromatic carbocycles. The van der Waals surface area contributed by atoms with E-state index < -0.39 is 0 Å². The Kier molecular flexibility index (Phi) is 6.29. The number of amides is 1. The molecule has 4 aromatic rings. The fourth-order valence-corrected chi connectivity index (χ4v) is 4.01. The topological polar surface area (TPSA) is 81.9 Å². The van der Waals surface area contributed by atoms with E-state index in [4.69, 9.17) is 16.3 Å². The maximum Gasteiger partial charge on any atom is 0.263 e. The summed E-state index contributed by atoms with van der Waals surface area (Å²) in [5.74, 6) is 0.548. The van der Waals surface area contributed by atoms with Gasteiger partial charge in [0.15, 0.2) is 0 Å². The van der Waals surface area contributed by atoms with Gasteiger partial charge in [0.2, 0.25) is 0 Å². The number of hydrogen-bond acceptors (Lipinski definition) is 6. The first-order chi connectivity index (χ1) is 15.0. The number of ether oxygens (including phenoxy) is 1. The molecule has 9 heteroatoms. The largest absolute Gasteiger partial charge is 0.486 e. The first-order valence-corrected chi connectivity index (χ1v) is 10.8. The van der Waals surface area contributed by atoms with E-state index in [1.807, 2.05) is 38.1 Å². The summed E-state index contributed by atoms with van der Waals surface area (Å²) >= 11 is 7.22. The van der Waals surface area contributed by atoms with Crippen LogP contribution in [-0.4, -0.2) is 25.7 Å². The molecule has 0 spiro atoms. The Labute approximate surface area is 188 Å². The molecular weight excluding hydrogens is 434 g/mol. The molecule has 31 heavy (non-hydrogen) atoms. The van der Waals surface area contributed by atoms with Crippen LogP contribution in [0, 0.1) is 6.92 Å². The van der Waals surface area contributed by atoms with Crippen LogP contribution in [0.15, 0.2) is 61.2 Å². The van der Waals surface area contributed by atoms with E-state index in [0.29, 0.717) is 28.0 Å². The molecule has 0 aliphatic rings. The smallest absolute Gasteiger partial charge is 0.263 e. The number of thiazole rings is 1. The second kappa shape index (κ2) is 9.28. The molecule has 0 aliphatic carbocycles. The predicted molar refractivity (Wildman–Crippen MR) is 120 cm³/mol. The van der Waals surface area contributed by atoms with Crippen molar-refractivity contribution in [1.29, 1.82) is 0 Å². The quantitative estimate of drug-likeness (QED) is 0.436. The maximum absolute atomic E-state index is 12.8. The highest BCUT2D eigenvalue weighted by atomic mass is 35.5. The van der Waals surface area contributed by atoms with Crippen LogP contribution in [0.25, 0.3) is 5.69 Å². The molecule has 1 atom stereocenters. The molecule has 0 aliphatic heterocycles. The van der Waals surface area contributed by atoms with Crippen LogP contribution in [0.4, 0.5) is 0 Å². The van der Waals surface area contributed by atoms with Crippen molar-refractivity contribution in [3.05, 3.63) is 87.4 Å². The van der Waals surface area contributed by atoms with Crippen LogP contribution in [0.2, 0.25) is 5.02 Å². The summed E-state index contributed by atoms with van der Waals surface area (Å²) in [6, 6.07) is 14.8. The van der Waals surface area contributed by atoms with Crippen LogP contribution >= 0.6 is 22.9 Å². The van der Waals surface area contributed by atoms with Crippen LogP contribution in [0.1, 0.15) is 38.9 Å². The molecule has 1 unspecified atom stereocenters. The lowest BCUT2D eigenvalue weighted by Gasteiger charge is -2.14. The Balaban J connectivity index is 1.38. The number of carbonyl (C=O) groups excluding carboxylic acids is 1. The molecule has 0 bridgehead atoms. The van der Waals surface area contributed by atoms with E-state index in [2.05, 4.69) is 20.4 Å². The second-order valence-electron chi connectivity index (χ2n) is 6.89.